The van der Waals surface area contributed by atoms with Gasteiger partial charge in [-0.2, -0.15) is 0 Å². The van der Waals surface area contributed by atoms with Gasteiger partial charge < -0.3 is 13.9 Å². The van der Waals surface area contributed by atoms with Crippen LogP contribution in [0.2, 0.25) is 0 Å². The minimum absolute atomic E-state index is 0.872. The second-order valence-corrected chi connectivity index (χ2v) is 13.8. The van der Waals surface area contributed by atoms with Crippen molar-refractivity contribution in [2.24, 2.45) is 0 Å². The van der Waals surface area contributed by atoms with E-state index in [1.54, 1.807) is 0 Å². The van der Waals surface area contributed by atoms with E-state index in [2.05, 4.69) is 204 Å². The van der Waals surface area contributed by atoms with Crippen molar-refractivity contribution in [1.29, 1.82) is 0 Å². The van der Waals surface area contributed by atoms with E-state index in [0.717, 1.165) is 55.6 Å². The predicted octanol–water partition coefficient (Wildman–Crippen LogP) is 14.1. The molecule has 0 spiro atoms. The van der Waals surface area contributed by atoms with Crippen LogP contribution >= 0.6 is 0 Å². The van der Waals surface area contributed by atoms with Crippen molar-refractivity contribution >= 4 is 82.4 Å². The molecule has 248 valence electrons. The Bertz CT molecular complexity index is 3170. The predicted molar refractivity (Wildman–Crippen MR) is 223 cm³/mol. The Balaban J connectivity index is 1.14. The smallest absolute Gasteiger partial charge is 0.143 e. The van der Waals surface area contributed by atoms with Crippen LogP contribution in [0.1, 0.15) is 0 Å². The molecule has 2 heterocycles. The van der Waals surface area contributed by atoms with Gasteiger partial charge in [-0.1, -0.05) is 121 Å². The largest absolute Gasteiger partial charge is 0.455 e. The summed E-state index contributed by atoms with van der Waals surface area (Å²) in [6, 6.07) is 69.7. The molecular formula is C50H32N2O. The number of hydrogen-bond donors (Lipinski definition) is 0. The molecule has 11 aromatic rings. The molecule has 0 aliphatic rings. The number of benzene rings is 9. The van der Waals surface area contributed by atoms with Crippen molar-refractivity contribution in [3.63, 3.8) is 0 Å². The standard InChI is InChI=1S/C50H32N2O/c1-3-15-36(16-4-1)51(39-25-27-42-41-20-11-12-22-47(41)52(48(42)31-39)37-17-5-2-6-18-37)38-26-28-49-45(30-38)46-32-44(40-19-9-10-21-43(40)50(46)53-49)35-24-23-33-13-7-8-14-34(33)29-35/h1-32H. The summed E-state index contributed by atoms with van der Waals surface area (Å²) < 4.78 is 9.09. The Morgan fingerprint density at radius 1 is 0.377 bits per heavy atom. The van der Waals surface area contributed by atoms with Crippen molar-refractivity contribution in [2.75, 3.05) is 4.90 Å². The second kappa shape index (κ2) is 11.7. The van der Waals surface area contributed by atoms with Gasteiger partial charge in [0, 0.05) is 49.7 Å². The summed E-state index contributed by atoms with van der Waals surface area (Å²) in [5.74, 6) is 0. The monoisotopic (exact) mass is 676 g/mol. The molecule has 0 saturated carbocycles. The van der Waals surface area contributed by atoms with E-state index in [0.29, 0.717) is 0 Å². The summed E-state index contributed by atoms with van der Waals surface area (Å²) in [6.07, 6.45) is 0. The third-order valence-corrected chi connectivity index (χ3v) is 10.7. The van der Waals surface area contributed by atoms with Gasteiger partial charge in [0.25, 0.3) is 0 Å². The first kappa shape index (κ1) is 29.6. The SMILES string of the molecule is c1ccc(N(c2ccc3oc4c5ccccc5c(-c5ccc6ccccc6c5)cc4c3c2)c2ccc3c4ccccc4n(-c4ccccc4)c3c2)cc1. The molecule has 2 aromatic heterocycles. The van der Waals surface area contributed by atoms with Crippen LogP contribution in [-0.4, -0.2) is 4.57 Å². The molecular weight excluding hydrogens is 645 g/mol. The Hall–Kier alpha value is -7.10. The molecule has 11 rings (SSSR count). The van der Waals surface area contributed by atoms with Crippen LogP contribution < -0.4 is 4.90 Å². The maximum absolute atomic E-state index is 6.71. The summed E-state index contributed by atoms with van der Waals surface area (Å²) in [5.41, 5.74) is 10.9. The number of para-hydroxylation sites is 3. The summed E-state index contributed by atoms with van der Waals surface area (Å²) >= 11 is 0. The molecule has 3 nitrogen and oxygen atoms in total. The average molecular weight is 677 g/mol. The highest BCUT2D eigenvalue weighted by molar-refractivity contribution is 6.20. The highest BCUT2D eigenvalue weighted by Gasteiger charge is 2.20. The van der Waals surface area contributed by atoms with Gasteiger partial charge in [-0.15, -0.1) is 0 Å². The van der Waals surface area contributed by atoms with Crippen LogP contribution in [0.25, 0.3) is 82.1 Å². The van der Waals surface area contributed by atoms with Crippen LogP contribution in [0.4, 0.5) is 17.1 Å². The fourth-order valence-corrected chi connectivity index (χ4v) is 8.30. The first-order valence-electron chi connectivity index (χ1n) is 18.1. The van der Waals surface area contributed by atoms with Gasteiger partial charge in [0.15, 0.2) is 0 Å². The Morgan fingerprint density at radius 3 is 1.89 bits per heavy atom. The van der Waals surface area contributed by atoms with Gasteiger partial charge in [-0.3, -0.25) is 0 Å². The Labute approximate surface area is 306 Å². The minimum atomic E-state index is 0.872. The van der Waals surface area contributed by atoms with Crippen molar-refractivity contribution in [1.82, 2.24) is 4.57 Å². The highest BCUT2D eigenvalue weighted by atomic mass is 16.3. The zero-order chi connectivity index (χ0) is 34.9. The quantitative estimate of drug-likeness (QED) is 0.181. The molecule has 0 aliphatic carbocycles. The van der Waals surface area contributed by atoms with Gasteiger partial charge in [0.05, 0.1) is 11.0 Å². The fourth-order valence-electron chi connectivity index (χ4n) is 8.30. The number of anilines is 3. The lowest BCUT2D eigenvalue weighted by molar-refractivity contribution is 0.672. The molecule has 0 unspecified atom stereocenters. The highest BCUT2D eigenvalue weighted by Crippen LogP contribution is 2.44. The molecule has 0 amide bonds. The lowest BCUT2D eigenvalue weighted by Crippen LogP contribution is -2.10. The molecule has 9 aromatic carbocycles. The van der Waals surface area contributed by atoms with Crippen LogP contribution in [0.5, 0.6) is 0 Å². The van der Waals surface area contributed by atoms with E-state index in [4.69, 9.17) is 4.42 Å². The molecule has 0 bridgehead atoms. The van der Waals surface area contributed by atoms with E-state index < -0.39 is 0 Å². The van der Waals surface area contributed by atoms with Crippen LogP contribution in [0.3, 0.4) is 0 Å². The lowest BCUT2D eigenvalue weighted by atomic mass is 9.94. The number of fused-ring (bicyclic) bond motifs is 9. The van der Waals surface area contributed by atoms with E-state index in [9.17, 15) is 0 Å². The Kier molecular flexibility index (Phi) is 6.55. The number of hydrogen-bond acceptors (Lipinski definition) is 2. The van der Waals surface area contributed by atoms with Crippen molar-refractivity contribution in [3.05, 3.63) is 194 Å². The first-order chi connectivity index (χ1) is 26.3. The molecule has 0 radical (unpaired) electrons. The molecule has 0 atom stereocenters. The first-order valence-corrected chi connectivity index (χ1v) is 18.1. The molecule has 53 heavy (non-hydrogen) atoms. The van der Waals surface area contributed by atoms with Gasteiger partial charge in [0.2, 0.25) is 0 Å². The zero-order valence-electron chi connectivity index (χ0n) is 28.8. The second-order valence-electron chi connectivity index (χ2n) is 13.8. The average Bonchev–Trinajstić information content (AvgIpc) is 3.76. The molecule has 3 heteroatoms. The lowest BCUT2D eigenvalue weighted by Gasteiger charge is -2.26. The van der Waals surface area contributed by atoms with E-state index in [1.165, 1.54) is 43.6 Å². The number of aromatic nitrogens is 1. The maximum Gasteiger partial charge on any atom is 0.143 e. The van der Waals surface area contributed by atoms with Crippen molar-refractivity contribution in [3.8, 4) is 16.8 Å². The van der Waals surface area contributed by atoms with Crippen LogP contribution in [-0.2, 0) is 0 Å². The third-order valence-electron chi connectivity index (χ3n) is 10.7. The van der Waals surface area contributed by atoms with E-state index in [1.807, 2.05) is 0 Å². The summed E-state index contributed by atoms with van der Waals surface area (Å²) in [5, 5.41) is 9.43. The minimum Gasteiger partial charge on any atom is -0.455 e. The summed E-state index contributed by atoms with van der Waals surface area (Å²) in [6.45, 7) is 0. The Morgan fingerprint density at radius 2 is 1.04 bits per heavy atom. The van der Waals surface area contributed by atoms with E-state index in [-0.39, 0.29) is 0 Å². The van der Waals surface area contributed by atoms with E-state index >= 15 is 0 Å². The van der Waals surface area contributed by atoms with Crippen LogP contribution in [0, 0.1) is 0 Å². The molecule has 0 N–H and O–H groups in total. The zero-order valence-corrected chi connectivity index (χ0v) is 28.8. The summed E-state index contributed by atoms with van der Waals surface area (Å²) in [4.78, 5) is 2.36. The fraction of sp³-hybridized carbons (Fsp3) is 0. The van der Waals surface area contributed by atoms with Gasteiger partial charge in [-0.25, -0.2) is 0 Å². The van der Waals surface area contributed by atoms with Crippen molar-refractivity contribution < 1.29 is 4.42 Å². The topological polar surface area (TPSA) is 21.3 Å². The maximum atomic E-state index is 6.71. The van der Waals surface area contributed by atoms with Gasteiger partial charge in [-0.05, 0) is 100 Å². The molecule has 0 saturated heterocycles. The number of furan rings is 1. The third kappa shape index (κ3) is 4.68. The number of rotatable bonds is 5. The summed E-state index contributed by atoms with van der Waals surface area (Å²) in [7, 11) is 0. The molecule has 0 aliphatic heterocycles. The van der Waals surface area contributed by atoms with Crippen molar-refractivity contribution in [2.45, 2.75) is 0 Å². The molecule has 0 fully saturated rings. The van der Waals surface area contributed by atoms with Crippen LogP contribution in [0.15, 0.2) is 199 Å². The van der Waals surface area contributed by atoms with Gasteiger partial charge >= 0.3 is 0 Å². The van der Waals surface area contributed by atoms with Gasteiger partial charge in [0.1, 0.15) is 11.2 Å². The number of nitrogens with zero attached hydrogens (tertiary/aromatic N) is 2. The normalized spacial score (nSPS) is 11.8.